The van der Waals surface area contributed by atoms with Crippen LogP contribution in [0.3, 0.4) is 0 Å². The number of rotatable bonds is 2. The van der Waals surface area contributed by atoms with E-state index in [1.807, 2.05) is 30.3 Å². The summed E-state index contributed by atoms with van der Waals surface area (Å²) in [5.74, 6) is 1.12. The second kappa shape index (κ2) is 5.40. The number of carboxylic acid groups (broad SMARTS) is 1. The monoisotopic (exact) mass is 285 g/mol. The van der Waals surface area contributed by atoms with Gasteiger partial charge in [-0.1, -0.05) is 23.4 Å². The van der Waals surface area contributed by atoms with E-state index in [4.69, 9.17) is 9.63 Å². The normalized spacial score (nSPS) is 14.9. The van der Waals surface area contributed by atoms with E-state index in [1.54, 1.807) is 6.92 Å². The molecule has 0 unspecified atom stereocenters. The zero-order valence-electron chi connectivity index (χ0n) is 11.6. The van der Waals surface area contributed by atoms with Gasteiger partial charge in [-0.25, -0.2) is 4.79 Å². The summed E-state index contributed by atoms with van der Waals surface area (Å²) in [4.78, 5) is 16.5. The van der Waals surface area contributed by atoms with Crippen molar-refractivity contribution in [3.05, 3.63) is 41.7 Å². The summed E-state index contributed by atoms with van der Waals surface area (Å²) in [6.07, 6.45) is 1.82. The van der Waals surface area contributed by atoms with Gasteiger partial charge in [0.1, 0.15) is 0 Å². The van der Waals surface area contributed by atoms with Gasteiger partial charge < -0.3 is 14.5 Å². The zero-order chi connectivity index (χ0) is 14.8. The highest BCUT2D eigenvalue weighted by Crippen LogP contribution is 2.25. The van der Waals surface area contributed by atoms with Gasteiger partial charge in [0, 0.05) is 18.7 Å². The first kappa shape index (κ1) is 13.4. The maximum Gasteiger partial charge on any atom is 0.407 e. The Hall–Kier alpha value is -2.63. The predicted molar refractivity (Wildman–Crippen MR) is 76.7 cm³/mol. The van der Waals surface area contributed by atoms with E-state index in [2.05, 4.69) is 10.1 Å². The molecule has 1 aromatic heterocycles. The lowest BCUT2D eigenvalue weighted by Gasteiger charge is -2.23. The van der Waals surface area contributed by atoms with Crippen LogP contribution < -0.4 is 0 Å². The van der Waals surface area contributed by atoms with Crippen molar-refractivity contribution in [2.45, 2.75) is 13.3 Å². The van der Waals surface area contributed by atoms with Crippen LogP contribution in [0.4, 0.5) is 4.79 Å². The molecule has 108 valence electrons. The lowest BCUT2D eigenvalue weighted by molar-refractivity contribution is 0.150. The van der Waals surface area contributed by atoms with Gasteiger partial charge in [-0.05, 0) is 36.6 Å². The SMILES string of the molecule is Cc1noc(-c2ccc(C3=CCN(C(=O)O)CC3)cc2)n1. The molecular weight excluding hydrogens is 270 g/mol. The molecule has 2 aromatic rings. The van der Waals surface area contributed by atoms with Crippen LogP contribution in [0.25, 0.3) is 17.0 Å². The van der Waals surface area contributed by atoms with Crippen molar-refractivity contribution in [2.75, 3.05) is 13.1 Å². The van der Waals surface area contributed by atoms with Crippen molar-refractivity contribution >= 4 is 11.7 Å². The molecule has 3 rings (SSSR count). The Kier molecular flexibility index (Phi) is 3.43. The van der Waals surface area contributed by atoms with Gasteiger partial charge in [0.2, 0.25) is 0 Å². The summed E-state index contributed by atoms with van der Waals surface area (Å²) < 4.78 is 5.13. The van der Waals surface area contributed by atoms with Gasteiger partial charge in [-0.2, -0.15) is 4.98 Å². The van der Waals surface area contributed by atoms with Gasteiger partial charge in [-0.15, -0.1) is 0 Å². The van der Waals surface area contributed by atoms with Crippen molar-refractivity contribution < 1.29 is 14.4 Å². The fourth-order valence-electron chi connectivity index (χ4n) is 2.35. The molecule has 0 bridgehead atoms. The highest BCUT2D eigenvalue weighted by Gasteiger charge is 2.16. The average Bonchev–Trinajstić information content (AvgIpc) is 2.94. The first-order valence-corrected chi connectivity index (χ1v) is 6.71. The molecule has 1 aliphatic heterocycles. The van der Waals surface area contributed by atoms with E-state index in [-0.39, 0.29) is 0 Å². The third-order valence-corrected chi connectivity index (χ3v) is 3.51. The summed E-state index contributed by atoms with van der Waals surface area (Å²) in [5.41, 5.74) is 3.14. The molecule has 0 radical (unpaired) electrons. The third kappa shape index (κ3) is 2.79. The quantitative estimate of drug-likeness (QED) is 0.917. The highest BCUT2D eigenvalue weighted by molar-refractivity contribution is 5.72. The Morgan fingerprint density at radius 2 is 2.00 bits per heavy atom. The van der Waals surface area contributed by atoms with Crippen molar-refractivity contribution in [3.8, 4) is 11.5 Å². The van der Waals surface area contributed by atoms with Gasteiger partial charge in [0.05, 0.1) is 0 Å². The van der Waals surface area contributed by atoms with Crippen molar-refractivity contribution in [2.24, 2.45) is 0 Å². The largest absolute Gasteiger partial charge is 0.465 e. The Labute approximate surface area is 121 Å². The minimum Gasteiger partial charge on any atom is -0.465 e. The van der Waals surface area contributed by atoms with E-state index >= 15 is 0 Å². The average molecular weight is 285 g/mol. The van der Waals surface area contributed by atoms with Crippen LogP contribution in [-0.2, 0) is 0 Å². The first-order chi connectivity index (χ1) is 10.1. The molecule has 6 heteroatoms. The fourth-order valence-corrected chi connectivity index (χ4v) is 2.35. The minimum atomic E-state index is -0.868. The lowest BCUT2D eigenvalue weighted by Crippen LogP contribution is -2.33. The minimum absolute atomic E-state index is 0.440. The molecule has 0 fully saturated rings. The molecule has 1 N–H and O–H groups in total. The molecule has 0 saturated carbocycles. The molecule has 21 heavy (non-hydrogen) atoms. The number of hydrogen-bond donors (Lipinski definition) is 1. The molecule has 1 amide bonds. The molecule has 0 saturated heterocycles. The van der Waals surface area contributed by atoms with Crippen LogP contribution >= 0.6 is 0 Å². The number of hydrogen-bond acceptors (Lipinski definition) is 4. The molecule has 2 heterocycles. The Balaban J connectivity index is 1.77. The van der Waals surface area contributed by atoms with Gasteiger partial charge in [0.15, 0.2) is 5.82 Å². The van der Waals surface area contributed by atoms with Crippen LogP contribution in [0.15, 0.2) is 34.9 Å². The maximum atomic E-state index is 10.9. The lowest BCUT2D eigenvalue weighted by atomic mass is 9.98. The number of benzene rings is 1. The van der Waals surface area contributed by atoms with Crippen LogP contribution in [0.1, 0.15) is 17.8 Å². The van der Waals surface area contributed by atoms with Gasteiger partial charge >= 0.3 is 6.09 Å². The number of aryl methyl sites for hydroxylation is 1. The molecule has 6 nitrogen and oxygen atoms in total. The second-order valence-corrected chi connectivity index (χ2v) is 4.93. The van der Waals surface area contributed by atoms with Crippen LogP contribution in [0.2, 0.25) is 0 Å². The van der Waals surface area contributed by atoms with E-state index in [0.29, 0.717) is 24.8 Å². The van der Waals surface area contributed by atoms with Crippen LogP contribution in [0, 0.1) is 6.92 Å². The van der Waals surface area contributed by atoms with E-state index in [9.17, 15) is 4.79 Å². The Morgan fingerprint density at radius 1 is 1.29 bits per heavy atom. The standard InChI is InChI=1S/C15H15N3O3/c1-10-16-14(21-17-10)13-4-2-11(3-5-13)12-6-8-18(9-7-12)15(19)20/h2-6H,7-9H2,1H3,(H,19,20). The van der Waals surface area contributed by atoms with Crippen molar-refractivity contribution in [3.63, 3.8) is 0 Å². The van der Waals surface area contributed by atoms with Crippen molar-refractivity contribution in [1.82, 2.24) is 15.0 Å². The molecule has 0 aliphatic carbocycles. The van der Waals surface area contributed by atoms with Gasteiger partial charge in [0.25, 0.3) is 5.89 Å². The zero-order valence-corrected chi connectivity index (χ0v) is 11.6. The maximum absolute atomic E-state index is 10.9. The number of amides is 1. The summed E-state index contributed by atoms with van der Waals surface area (Å²) in [6.45, 7) is 2.75. The van der Waals surface area contributed by atoms with Crippen LogP contribution in [-0.4, -0.2) is 39.3 Å². The first-order valence-electron chi connectivity index (χ1n) is 6.71. The molecule has 1 aromatic carbocycles. The Bertz CT molecular complexity index is 688. The highest BCUT2D eigenvalue weighted by atomic mass is 16.5. The number of carbonyl (C=O) groups is 1. The summed E-state index contributed by atoms with van der Waals surface area (Å²) in [5, 5.41) is 12.7. The molecular formula is C15H15N3O3. The van der Waals surface area contributed by atoms with E-state index < -0.39 is 6.09 Å². The van der Waals surface area contributed by atoms with Gasteiger partial charge in [-0.3, -0.25) is 0 Å². The van der Waals surface area contributed by atoms with E-state index in [1.165, 1.54) is 10.5 Å². The Morgan fingerprint density at radius 3 is 2.52 bits per heavy atom. The summed E-state index contributed by atoms with van der Waals surface area (Å²) in [7, 11) is 0. The van der Waals surface area contributed by atoms with E-state index in [0.717, 1.165) is 17.5 Å². The third-order valence-electron chi connectivity index (χ3n) is 3.51. The number of aromatic nitrogens is 2. The molecule has 0 spiro atoms. The number of nitrogens with zero attached hydrogens (tertiary/aromatic N) is 3. The second-order valence-electron chi connectivity index (χ2n) is 4.93. The van der Waals surface area contributed by atoms with Crippen molar-refractivity contribution in [1.29, 1.82) is 0 Å². The van der Waals surface area contributed by atoms with Crippen LogP contribution in [0.5, 0.6) is 0 Å². The summed E-state index contributed by atoms with van der Waals surface area (Å²) >= 11 is 0. The molecule has 0 atom stereocenters. The summed E-state index contributed by atoms with van der Waals surface area (Å²) in [6, 6.07) is 7.87. The smallest absolute Gasteiger partial charge is 0.407 e. The fraction of sp³-hybridized carbons (Fsp3) is 0.267. The predicted octanol–water partition coefficient (Wildman–Crippen LogP) is 2.81. The molecule has 1 aliphatic rings. The topological polar surface area (TPSA) is 79.5 Å².